The quantitative estimate of drug-likeness (QED) is 0.307. The molecule has 1 unspecified atom stereocenters. The van der Waals surface area contributed by atoms with E-state index in [4.69, 9.17) is 4.99 Å². The molecule has 9 heteroatoms. The SMILES string of the molecule is CCNC(=NCc1ccc(N2CCCC2=O)cc1)NCC(c1cnn(C)c1)N(C)C.I. The normalized spacial score (nSPS) is 15.2. The van der Waals surface area contributed by atoms with Gasteiger partial charge in [0.2, 0.25) is 5.91 Å². The molecule has 2 N–H and O–H groups in total. The Morgan fingerprint density at radius 1 is 1.26 bits per heavy atom. The van der Waals surface area contributed by atoms with E-state index in [1.54, 1.807) is 0 Å². The summed E-state index contributed by atoms with van der Waals surface area (Å²) >= 11 is 0. The van der Waals surface area contributed by atoms with Gasteiger partial charge in [0.05, 0.1) is 18.8 Å². The first-order chi connectivity index (χ1) is 14.5. The van der Waals surface area contributed by atoms with E-state index in [1.165, 1.54) is 0 Å². The highest BCUT2D eigenvalue weighted by atomic mass is 127. The Morgan fingerprint density at radius 2 is 2.00 bits per heavy atom. The van der Waals surface area contributed by atoms with Crippen LogP contribution in [0.25, 0.3) is 0 Å². The van der Waals surface area contributed by atoms with E-state index in [9.17, 15) is 4.79 Å². The lowest BCUT2D eigenvalue weighted by Gasteiger charge is -2.24. The number of aryl methyl sites for hydroxylation is 1. The van der Waals surface area contributed by atoms with E-state index in [-0.39, 0.29) is 35.9 Å². The van der Waals surface area contributed by atoms with Crippen LogP contribution in [0, 0.1) is 0 Å². The molecule has 1 fully saturated rings. The number of guanidine groups is 1. The molecule has 0 bridgehead atoms. The first kappa shape index (κ1) is 25.1. The molecule has 1 aliphatic heterocycles. The minimum absolute atomic E-state index is 0. The van der Waals surface area contributed by atoms with Gasteiger partial charge in [0.1, 0.15) is 0 Å². The molecule has 0 radical (unpaired) electrons. The van der Waals surface area contributed by atoms with Gasteiger partial charge in [-0.2, -0.15) is 5.10 Å². The summed E-state index contributed by atoms with van der Waals surface area (Å²) in [5, 5.41) is 11.1. The Bertz CT molecular complexity index is 863. The van der Waals surface area contributed by atoms with Crippen LogP contribution in [0.3, 0.4) is 0 Å². The number of likely N-dealkylation sites (N-methyl/N-ethyl adjacent to an activating group) is 1. The summed E-state index contributed by atoms with van der Waals surface area (Å²) in [6.07, 6.45) is 5.54. The van der Waals surface area contributed by atoms with E-state index in [1.807, 2.05) is 53.3 Å². The number of benzene rings is 1. The number of rotatable bonds is 8. The summed E-state index contributed by atoms with van der Waals surface area (Å²) in [4.78, 5) is 20.7. The fourth-order valence-electron chi connectivity index (χ4n) is 3.62. The van der Waals surface area contributed by atoms with E-state index < -0.39 is 0 Å². The Balaban J connectivity index is 0.00000341. The van der Waals surface area contributed by atoms with Crippen molar-refractivity contribution >= 4 is 41.5 Å². The lowest BCUT2D eigenvalue weighted by atomic mass is 10.1. The lowest BCUT2D eigenvalue weighted by molar-refractivity contribution is -0.117. The van der Waals surface area contributed by atoms with Crippen LogP contribution in [-0.2, 0) is 18.4 Å². The highest BCUT2D eigenvalue weighted by Gasteiger charge is 2.21. The van der Waals surface area contributed by atoms with Crippen LogP contribution in [0.4, 0.5) is 5.69 Å². The smallest absolute Gasteiger partial charge is 0.227 e. The van der Waals surface area contributed by atoms with Gasteiger partial charge in [-0.1, -0.05) is 12.1 Å². The molecule has 2 aromatic rings. The van der Waals surface area contributed by atoms with Gasteiger partial charge in [-0.3, -0.25) is 9.48 Å². The molecule has 3 rings (SSSR count). The van der Waals surface area contributed by atoms with Crippen molar-refractivity contribution in [3.05, 3.63) is 47.8 Å². The summed E-state index contributed by atoms with van der Waals surface area (Å²) in [6, 6.07) is 8.32. The number of aromatic nitrogens is 2. The third-order valence-corrected chi connectivity index (χ3v) is 5.28. The minimum Gasteiger partial charge on any atom is -0.357 e. The fraction of sp³-hybridized carbons (Fsp3) is 0.500. The van der Waals surface area contributed by atoms with Crippen molar-refractivity contribution in [1.82, 2.24) is 25.3 Å². The zero-order chi connectivity index (χ0) is 21.5. The molecule has 1 aromatic carbocycles. The molecular weight excluding hydrogens is 505 g/mol. The van der Waals surface area contributed by atoms with Crippen LogP contribution < -0.4 is 15.5 Å². The van der Waals surface area contributed by atoms with Gasteiger partial charge >= 0.3 is 0 Å². The zero-order valence-corrected chi connectivity index (χ0v) is 21.2. The van der Waals surface area contributed by atoms with Crippen molar-refractivity contribution in [3.8, 4) is 0 Å². The molecule has 2 heterocycles. The standard InChI is InChI=1S/C22H33N7O.HI/c1-5-23-22(25-15-20(27(2)3)18-14-26-28(4)16-18)24-13-17-8-10-19(11-9-17)29-12-6-7-21(29)30;/h8-11,14,16,20H,5-7,12-13,15H2,1-4H3,(H2,23,24,25);1H. The molecular formula is C22H34IN7O. The zero-order valence-electron chi connectivity index (χ0n) is 18.8. The largest absolute Gasteiger partial charge is 0.357 e. The molecule has 1 amide bonds. The summed E-state index contributed by atoms with van der Waals surface area (Å²) in [5.41, 5.74) is 3.25. The van der Waals surface area contributed by atoms with Gasteiger partial charge in [-0.25, -0.2) is 4.99 Å². The van der Waals surface area contributed by atoms with Crippen LogP contribution in [-0.4, -0.2) is 60.3 Å². The predicted octanol–water partition coefficient (Wildman–Crippen LogP) is 2.52. The van der Waals surface area contributed by atoms with Crippen LogP contribution >= 0.6 is 24.0 Å². The van der Waals surface area contributed by atoms with Gasteiger partial charge in [0.15, 0.2) is 5.96 Å². The van der Waals surface area contributed by atoms with E-state index in [0.29, 0.717) is 13.0 Å². The number of nitrogens with one attached hydrogen (secondary N) is 2. The first-order valence-electron chi connectivity index (χ1n) is 10.5. The third-order valence-electron chi connectivity index (χ3n) is 5.28. The number of carbonyl (C=O) groups excluding carboxylic acids is 1. The number of hydrogen-bond donors (Lipinski definition) is 2. The van der Waals surface area contributed by atoms with Gasteiger partial charge in [0.25, 0.3) is 0 Å². The minimum atomic E-state index is 0. The molecule has 1 atom stereocenters. The summed E-state index contributed by atoms with van der Waals surface area (Å²) in [7, 11) is 6.06. The molecule has 1 saturated heterocycles. The topological polar surface area (TPSA) is 77.8 Å². The van der Waals surface area contributed by atoms with Crippen LogP contribution in [0.2, 0.25) is 0 Å². The van der Waals surface area contributed by atoms with Crippen LogP contribution in [0.1, 0.15) is 36.9 Å². The maximum Gasteiger partial charge on any atom is 0.227 e. The second kappa shape index (κ2) is 12.0. The van der Waals surface area contributed by atoms with E-state index >= 15 is 0 Å². The Kier molecular flexibility index (Phi) is 9.76. The lowest BCUT2D eigenvalue weighted by Crippen LogP contribution is -2.41. The molecule has 8 nitrogen and oxygen atoms in total. The van der Waals surface area contributed by atoms with Crippen molar-refractivity contribution in [2.24, 2.45) is 12.0 Å². The molecule has 170 valence electrons. The van der Waals surface area contributed by atoms with Gasteiger partial charge < -0.3 is 20.4 Å². The maximum atomic E-state index is 11.9. The number of anilines is 1. The van der Waals surface area contributed by atoms with Crippen molar-refractivity contribution in [2.45, 2.75) is 32.4 Å². The van der Waals surface area contributed by atoms with Crippen molar-refractivity contribution in [3.63, 3.8) is 0 Å². The Hall–Kier alpha value is -2.14. The number of aliphatic imine (C=N–C) groups is 1. The number of hydrogen-bond acceptors (Lipinski definition) is 4. The van der Waals surface area contributed by atoms with Crippen molar-refractivity contribution < 1.29 is 4.79 Å². The summed E-state index contributed by atoms with van der Waals surface area (Å²) < 4.78 is 1.82. The van der Waals surface area contributed by atoms with E-state index in [2.05, 4.69) is 41.7 Å². The van der Waals surface area contributed by atoms with Crippen LogP contribution in [0.5, 0.6) is 0 Å². The van der Waals surface area contributed by atoms with E-state index in [0.717, 1.165) is 48.8 Å². The van der Waals surface area contributed by atoms with Crippen molar-refractivity contribution in [1.29, 1.82) is 0 Å². The van der Waals surface area contributed by atoms with Gasteiger partial charge in [0, 0.05) is 50.6 Å². The average molecular weight is 539 g/mol. The Labute approximate surface area is 202 Å². The monoisotopic (exact) mass is 539 g/mol. The summed E-state index contributed by atoms with van der Waals surface area (Å²) in [5.74, 6) is 0.996. The highest BCUT2D eigenvalue weighted by Crippen LogP contribution is 2.21. The first-order valence-corrected chi connectivity index (χ1v) is 10.5. The fourth-order valence-corrected chi connectivity index (χ4v) is 3.62. The highest BCUT2D eigenvalue weighted by molar-refractivity contribution is 14.0. The molecule has 1 aromatic heterocycles. The van der Waals surface area contributed by atoms with Gasteiger partial charge in [-0.15, -0.1) is 24.0 Å². The second-order valence-corrected chi connectivity index (χ2v) is 7.82. The predicted molar refractivity (Wildman–Crippen MR) is 136 cm³/mol. The molecule has 31 heavy (non-hydrogen) atoms. The van der Waals surface area contributed by atoms with Gasteiger partial charge in [-0.05, 0) is 45.1 Å². The number of nitrogens with zero attached hydrogens (tertiary/aromatic N) is 5. The Morgan fingerprint density at radius 3 is 2.55 bits per heavy atom. The second-order valence-electron chi connectivity index (χ2n) is 7.82. The molecule has 0 saturated carbocycles. The molecule has 1 aliphatic rings. The summed E-state index contributed by atoms with van der Waals surface area (Å²) in [6.45, 7) is 4.96. The molecule has 0 spiro atoms. The number of carbonyl (C=O) groups is 1. The molecule has 0 aliphatic carbocycles. The maximum absolute atomic E-state index is 11.9. The third kappa shape index (κ3) is 6.93. The number of amides is 1. The van der Waals surface area contributed by atoms with Crippen molar-refractivity contribution in [2.75, 3.05) is 38.6 Å². The van der Waals surface area contributed by atoms with Crippen LogP contribution in [0.15, 0.2) is 41.7 Å². The average Bonchev–Trinajstić information content (AvgIpc) is 3.34. The number of halogens is 1.